The Morgan fingerprint density at radius 1 is 0.577 bits per heavy atom. The van der Waals surface area contributed by atoms with Gasteiger partial charge in [0.05, 0.1) is 27.7 Å². The van der Waals surface area contributed by atoms with Gasteiger partial charge in [-0.25, -0.2) is 4.57 Å². The van der Waals surface area contributed by atoms with Gasteiger partial charge in [-0.15, -0.1) is 0 Å². The number of rotatable bonds is 40. The summed E-state index contributed by atoms with van der Waals surface area (Å²) in [6.07, 6.45) is 42.6. The molecule has 0 amide bonds. The Bertz CT molecular complexity index is 831. The van der Waals surface area contributed by atoms with Crippen molar-refractivity contribution in [3.05, 3.63) is 24.3 Å². The Morgan fingerprint density at radius 2 is 0.904 bits per heavy atom. The predicted octanol–water partition coefficient (Wildman–Crippen LogP) is 12.8. The highest BCUT2D eigenvalue weighted by atomic mass is 31.2. The van der Waals surface area contributed by atoms with Crippen molar-refractivity contribution in [3.63, 3.8) is 0 Å². The Kier molecular flexibility index (Phi) is 34.6. The number of hydrogen-bond donors (Lipinski definition) is 3. The van der Waals surface area contributed by atoms with Crippen molar-refractivity contribution in [2.45, 2.75) is 218 Å². The molecule has 0 saturated carbocycles. The largest absolute Gasteiger partial charge is 0.473 e. The Labute approximate surface area is 323 Å². The third-order valence-corrected chi connectivity index (χ3v) is 11.4. The van der Waals surface area contributed by atoms with Crippen LogP contribution in [-0.4, -0.2) is 72.2 Å². The van der Waals surface area contributed by atoms with Crippen LogP contribution in [0.25, 0.3) is 0 Å². The number of nitrogens with zero attached hydrogens (tertiary/aromatic N) is 1. The van der Waals surface area contributed by atoms with Gasteiger partial charge in [0.1, 0.15) is 24.9 Å². The molecule has 0 heterocycles. The zero-order chi connectivity index (χ0) is 38.7. The number of aliphatic hydroxyl groups excluding tert-OH is 2. The minimum Gasteiger partial charge on any atom is -0.394 e. The van der Waals surface area contributed by atoms with Crippen molar-refractivity contribution in [3.8, 4) is 0 Å². The number of likely N-dealkylation sites (N-methyl/N-ethyl adjacent to an activating group) is 1. The van der Waals surface area contributed by atoms with Gasteiger partial charge in [0.25, 0.3) is 0 Å². The lowest BCUT2D eigenvalue weighted by Gasteiger charge is -2.38. The maximum Gasteiger partial charge on any atom is 0.473 e. The molecular formula is C44H89NO6P+. The van der Waals surface area contributed by atoms with Crippen molar-refractivity contribution in [2.75, 3.05) is 40.9 Å². The molecule has 52 heavy (non-hydrogen) atoms. The standard InChI is InChI=1S/C44H88NO6P/c1-6-8-10-12-14-16-18-20-22-24-26-28-30-32-34-36-38-44(43(47)42-46,51-52(48,49)50-41-40-45(3,4)5)39-37-35-33-31-29-27-25-23-21-19-17-15-13-11-9-7-2/h20-23,43,46-47H,6-19,24-42H2,1-5H3/p+1. The van der Waals surface area contributed by atoms with Gasteiger partial charge in [-0.1, -0.05) is 167 Å². The van der Waals surface area contributed by atoms with Crippen LogP contribution in [0.15, 0.2) is 24.3 Å². The second-order valence-corrected chi connectivity index (χ2v) is 17.9. The van der Waals surface area contributed by atoms with Gasteiger partial charge in [0, 0.05) is 0 Å². The minimum absolute atomic E-state index is 0.0745. The molecule has 0 aliphatic rings. The SMILES string of the molecule is CCCCCCCCC=CCCCCCCCCC(CCCCCCCCC=CCCCCCCCC)(OP(=O)(O)OCC[N+](C)(C)C)C(O)CO. The molecule has 0 aromatic carbocycles. The molecule has 2 atom stereocenters. The molecule has 3 N–H and O–H groups in total. The monoisotopic (exact) mass is 759 g/mol. The fourth-order valence-electron chi connectivity index (χ4n) is 6.81. The smallest absolute Gasteiger partial charge is 0.394 e. The summed E-state index contributed by atoms with van der Waals surface area (Å²) < 4.78 is 25.1. The van der Waals surface area contributed by atoms with Crippen molar-refractivity contribution < 1.29 is 33.2 Å². The second-order valence-electron chi connectivity index (χ2n) is 16.5. The molecule has 0 radical (unpaired) electrons. The first-order valence-electron chi connectivity index (χ1n) is 22.1. The van der Waals surface area contributed by atoms with Crippen molar-refractivity contribution in [1.82, 2.24) is 0 Å². The number of unbranched alkanes of at least 4 members (excludes halogenated alkanes) is 24. The van der Waals surface area contributed by atoms with Crippen LogP contribution in [0.5, 0.6) is 0 Å². The molecule has 0 aliphatic carbocycles. The summed E-state index contributed by atoms with van der Waals surface area (Å²) in [7, 11) is 1.54. The van der Waals surface area contributed by atoms with E-state index < -0.39 is 26.1 Å². The molecule has 0 aliphatic heterocycles. The summed E-state index contributed by atoms with van der Waals surface area (Å²) in [5, 5.41) is 21.1. The Hall–Kier alpha value is -0.530. The van der Waals surface area contributed by atoms with E-state index in [2.05, 4.69) is 38.2 Å². The van der Waals surface area contributed by atoms with Gasteiger partial charge in [-0.05, 0) is 64.2 Å². The van der Waals surface area contributed by atoms with Gasteiger partial charge < -0.3 is 19.6 Å². The van der Waals surface area contributed by atoms with Gasteiger partial charge in [0.2, 0.25) is 0 Å². The van der Waals surface area contributed by atoms with Gasteiger partial charge >= 0.3 is 7.82 Å². The van der Waals surface area contributed by atoms with E-state index in [0.717, 1.165) is 64.2 Å². The molecule has 7 nitrogen and oxygen atoms in total. The molecule has 8 heteroatoms. The van der Waals surface area contributed by atoms with E-state index in [1.807, 2.05) is 21.1 Å². The van der Waals surface area contributed by atoms with E-state index in [1.54, 1.807) is 0 Å². The topological polar surface area (TPSA) is 96.2 Å². The first-order valence-corrected chi connectivity index (χ1v) is 23.6. The van der Waals surface area contributed by atoms with Crippen LogP contribution >= 0.6 is 7.82 Å². The fourth-order valence-corrected chi connectivity index (χ4v) is 7.94. The number of aliphatic hydroxyl groups is 2. The predicted molar refractivity (Wildman–Crippen MR) is 224 cm³/mol. The lowest BCUT2D eigenvalue weighted by atomic mass is 9.85. The summed E-state index contributed by atoms with van der Waals surface area (Å²) in [4.78, 5) is 10.8. The van der Waals surface area contributed by atoms with Crippen LogP contribution in [0.1, 0.15) is 206 Å². The molecule has 0 saturated heterocycles. The van der Waals surface area contributed by atoms with Crippen LogP contribution < -0.4 is 0 Å². The highest BCUT2D eigenvalue weighted by Crippen LogP contribution is 2.51. The maximum absolute atomic E-state index is 13.2. The number of hydrogen-bond acceptors (Lipinski definition) is 5. The first-order chi connectivity index (χ1) is 25.0. The van der Waals surface area contributed by atoms with Crippen LogP contribution in [0.3, 0.4) is 0 Å². The van der Waals surface area contributed by atoms with Crippen LogP contribution in [0.4, 0.5) is 0 Å². The first kappa shape index (κ1) is 51.5. The Balaban J connectivity index is 4.70. The minimum atomic E-state index is -4.44. The van der Waals surface area contributed by atoms with Crippen molar-refractivity contribution in [2.24, 2.45) is 0 Å². The molecule has 0 rings (SSSR count). The van der Waals surface area contributed by atoms with E-state index >= 15 is 0 Å². The summed E-state index contributed by atoms with van der Waals surface area (Å²) in [6, 6.07) is 0. The van der Waals surface area contributed by atoms with E-state index in [9.17, 15) is 19.7 Å². The number of quaternary nitrogens is 1. The summed E-state index contributed by atoms with van der Waals surface area (Å²) >= 11 is 0. The molecule has 0 spiro atoms. The van der Waals surface area contributed by atoms with E-state index in [0.29, 0.717) is 23.9 Å². The molecule has 0 fully saturated rings. The van der Waals surface area contributed by atoms with E-state index in [1.165, 1.54) is 116 Å². The third-order valence-electron chi connectivity index (χ3n) is 10.3. The molecule has 0 aromatic heterocycles. The van der Waals surface area contributed by atoms with Crippen molar-refractivity contribution >= 4 is 7.82 Å². The van der Waals surface area contributed by atoms with Crippen molar-refractivity contribution in [1.29, 1.82) is 0 Å². The summed E-state index contributed by atoms with van der Waals surface area (Å²) in [5.74, 6) is 0. The number of phosphoric acid groups is 1. The lowest BCUT2D eigenvalue weighted by Crippen LogP contribution is -2.46. The molecule has 0 aromatic rings. The highest BCUT2D eigenvalue weighted by molar-refractivity contribution is 7.47. The molecular weight excluding hydrogens is 669 g/mol. The summed E-state index contributed by atoms with van der Waals surface area (Å²) in [6.45, 7) is 4.63. The highest BCUT2D eigenvalue weighted by Gasteiger charge is 2.44. The van der Waals surface area contributed by atoms with Crippen LogP contribution in [-0.2, 0) is 13.6 Å². The quantitative estimate of drug-likeness (QED) is 0.0249. The van der Waals surface area contributed by atoms with E-state index in [4.69, 9.17) is 9.05 Å². The maximum atomic E-state index is 13.2. The van der Waals surface area contributed by atoms with Crippen LogP contribution in [0.2, 0.25) is 0 Å². The van der Waals surface area contributed by atoms with Crippen LogP contribution in [0, 0.1) is 0 Å². The normalized spacial score (nSPS) is 15.5. The van der Waals surface area contributed by atoms with Gasteiger partial charge in [-0.2, -0.15) is 0 Å². The van der Waals surface area contributed by atoms with Gasteiger partial charge in [-0.3, -0.25) is 9.05 Å². The van der Waals surface area contributed by atoms with Gasteiger partial charge in [0.15, 0.2) is 0 Å². The Morgan fingerprint density at radius 3 is 1.23 bits per heavy atom. The zero-order valence-corrected chi connectivity index (χ0v) is 36.1. The number of allylic oxidation sites excluding steroid dienone is 4. The number of phosphoric ester groups is 1. The average molecular weight is 759 g/mol. The van der Waals surface area contributed by atoms with E-state index in [-0.39, 0.29) is 6.61 Å². The average Bonchev–Trinajstić information content (AvgIpc) is 3.09. The summed E-state index contributed by atoms with van der Waals surface area (Å²) in [5.41, 5.74) is -1.31. The fraction of sp³-hybridized carbons (Fsp3) is 0.909. The zero-order valence-electron chi connectivity index (χ0n) is 35.2. The molecule has 2 unspecified atom stereocenters. The molecule has 310 valence electrons. The lowest BCUT2D eigenvalue weighted by molar-refractivity contribution is -0.870. The molecule has 0 bridgehead atoms. The second kappa shape index (κ2) is 34.9. The third kappa shape index (κ3) is 32.9.